The summed E-state index contributed by atoms with van der Waals surface area (Å²) in [5, 5.41) is 8.52. The van der Waals surface area contributed by atoms with Crippen LogP contribution in [0.15, 0.2) is 0 Å². The topological polar surface area (TPSA) is 57.6 Å². The Morgan fingerprint density at radius 2 is 2.08 bits per heavy atom. The number of carboxylic acid groups (broad SMARTS) is 1. The Hall–Kier alpha value is -1.06. The van der Waals surface area contributed by atoms with Crippen molar-refractivity contribution in [1.29, 1.82) is 0 Å². The predicted molar refractivity (Wildman–Crippen MR) is 42.6 cm³/mol. The van der Waals surface area contributed by atoms with E-state index in [1.807, 2.05) is 6.92 Å². The van der Waals surface area contributed by atoms with Crippen molar-refractivity contribution in [2.75, 3.05) is 13.1 Å². The van der Waals surface area contributed by atoms with E-state index >= 15 is 0 Å². The third-order valence-corrected chi connectivity index (χ3v) is 2.05. The van der Waals surface area contributed by atoms with Gasteiger partial charge in [0.15, 0.2) is 0 Å². The van der Waals surface area contributed by atoms with Crippen LogP contribution >= 0.6 is 0 Å². The van der Waals surface area contributed by atoms with Gasteiger partial charge in [0.1, 0.15) is 0 Å². The molecule has 0 aliphatic carbocycles. The molecule has 0 atom stereocenters. The van der Waals surface area contributed by atoms with Gasteiger partial charge in [-0.3, -0.25) is 9.59 Å². The van der Waals surface area contributed by atoms with Crippen LogP contribution in [0.3, 0.4) is 0 Å². The molecule has 0 saturated carbocycles. The molecule has 1 N–H and O–H groups in total. The SMILES string of the molecule is CCCC(=O)N1CC(C(=O)O)C1. The normalized spacial score (nSPS) is 17.2. The summed E-state index contributed by atoms with van der Waals surface area (Å²) in [5.41, 5.74) is 0. The number of hydrogen-bond acceptors (Lipinski definition) is 2. The zero-order valence-electron chi connectivity index (χ0n) is 7.12. The van der Waals surface area contributed by atoms with Crippen LogP contribution in [-0.4, -0.2) is 35.0 Å². The molecule has 0 spiro atoms. The minimum Gasteiger partial charge on any atom is -0.481 e. The van der Waals surface area contributed by atoms with Gasteiger partial charge in [0, 0.05) is 19.5 Å². The van der Waals surface area contributed by atoms with E-state index in [1.54, 1.807) is 4.90 Å². The molecular formula is C8H13NO3. The zero-order chi connectivity index (χ0) is 9.14. The first-order chi connectivity index (χ1) is 5.65. The molecule has 1 rings (SSSR count). The lowest BCUT2D eigenvalue weighted by Crippen LogP contribution is -2.52. The molecule has 0 aromatic carbocycles. The average Bonchev–Trinajstić information content (AvgIpc) is 1.82. The summed E-state index contributed by atoms with van der Waals surface area (Å²) in [4.78, 5) is 23.1. The van der Waals surface area contributed by atoms with E-state index < -0.39 is 5.97 Å². The van der Waals surface area contributed by atoms with Crippen molar-refractivity contribution in [1.82, 2.24) is 4.90 Å². The molecule has 12 heavy (non-hydrogen) atoms. The molecule has 1 aliphatic heterocycles. The van der Waals surface area contributed by atoms with E-state index in [2.05, 4.69) is 0 Å². The highest BCUT2D eigenvalue weighted by Gasteiger charge is 2.34. The first kappa shape index (κ1) is 9.03. The Bertz CT molecular complexity index is 196. The number of nitrogens with zero attached hydrogens (tertiary/aromatic N) is 1. The van der Waals surface area contributed by atoms with E-state index in [4.69, 9.17) is 5.11 Å². The molecule has 0 radical (unpaired) electrons. The summed E-state index contributed by atoms with van der Waals surface area (Å²) in [6, 6.07) is 0. The molecule has 1 saturated heterocycles. The number of carbonyl (C=O) groups excluding carboxylic acids is 1. The lowest BCUT2D eigenvalue weighted by molar-refractivity contribution is -0.152. The number of rotatable bonds is 3. The number of amides is 1. The number of carbonyl (C=O) groups is 2. The van der Waals surface area contributed by atoms with Crippen LogP contribution in [0.25, 0.3) is 0 Å². The van der Waals surface area contributed by atoms with Crippen LogP contribution in [-0.2, 0) is 9.59 Å². The Labute approximate surface area is 71.2 Å². The first-order valence-corrected chi connectivity index (χ1v) is 4.15. The number of hydrogen-bond donors (Lipinski definition) is 1. The largest absolute Gasteiger partial charge is 0.481 e. The van der Waals surface area contributed by atoms with Crippen molar-refractivity contribution in [3.63, 3.8) is 0 Å². The second-order valence-corrected chi connectivity index (χ2v) is 3.08. The van der Waals surface area contributed by atoms with Crippen LogP contribution in [0.1, 0.15) is 19.8 Å². The third-order valence-electron chi connectivity index (χ3n) is 2.05. The maximum Gasteiger partial charge on any atom is 0.310 e. The van der Waals surface area contributed by atoms with Gasteiger partial charge in [-0.15, -0.1) is 0 Å². The summed E-state index contributed by atoms with van der Waals surface area (Å²) in [6.07, 6.45) is 1.36. The minimum absolute atomic E-state index is 0.0787. The standard InChI is InChI=1S/C8H13NO3/c1-2-3-7(10)9-4-6(5-9)8(11)12/h6H,2-5H2,1H3,(H,11,12). The van der Waals surface area contributed by atoms with E-state index in [0.717, 1.165) is 6.42 Å². The Morgan fingerprint density at radius 3 is 2.50 bits per heavy atom. The molecule has 0 unspecified atom stereocenters. The van der Waals surface area contributed by atoms with Gasteiger partial charge in [-0.2, -0.15) is 0 Å². The second-order valence-electron chi connectivity index (χ2n) is 3.08. The highest BCUT2D eigenvalue weighted by molar-refractivity contribution is 5.80. The van der Waals surface area contributed by atoms with Gasteiger partial charge in [-0.1, -0.05) is 6.92 Å². The Morgan fingerprint density at radius 1 is 1.50 bits per heavy atom. The van der Waals surface area contributed by atoms with Crippen molar-refractivity contribution in [2.45, 2.75) is 19.8 Å². The van der Waals surface area contributed by atoms with E-state index in [0.29, 0.717) is 19.5 Å². The monoisotopic (exact) mass is 171 g/mol. The van der Waals surface area contributed by atoms with Crippen LogP contribution < -0.4 is 0 Å². The molecule has 1 aliphatic rings. The lowest BCUT2D eigenvalue weighted by Gasteiger charge is -2.36. The van der Waals surface area contributed by atoms with Crippen LogP contribution in [0.5, 0.6) is 0 Å². The van der Waals surface area contributed by atoms with E-state index in [9.17, 15) is 9.59 Å². The molecule has 0 aromatic rings. The van der Waals surface area contributed by atoms with Crippen LogP contribution in [0.2, 0.25) is 0 Å². The van der Waals surface area contributed by atoms with Gasteiger partial charge < -0.3 is 10.0 Å². The molecule has 4 nitrogen and oxygen atoms in total. The van der Waals surface area contributed by atoms with Crippen LogP contribution in [0, 0.1) is 5.92 Å². The van der Waals surface area contributed by atoms with Crippen molar-refractivity contribution in [3.8, 4) is 0 Å². The molecular weight excluding hydrogens is 158 g/mol. The molecule has 0 bridgehead atoms. The van der Waals surface area contributed by atoms with Gasteiger partial charge >= 0.3 is 5.97 Å². The molecule has 1 heterocycles. The summed E-state index contributed by atoms with van der Waals surface area (Å²) < 4.78 is 0. The van der Waals surface area contributed by atoms with Gasteiger partial charge in [0.25, 0.3) is 0 Å². The predicted octanol–water partition coefficient (Wildman–Crippen LogP) is 0.329. The summed E-state index contributed by atoms with van der Waals surface area (Å²) >= 11 is 0. The fourth-order valence-corrected chi connectivity index (χ4v) is 1.21. The fraction of sp³-hybridized carbons (Fsp3) is 0.750. The molecule has 68 valence electrons. The third kappa shape index (κ3) is 1.75. The van der Waals surface area contributed by atoms with E-state index in [1.165, 1.54) is 0 Å². The summed E-state index contributed by atoms with van der Waals surface area (Å²) in [7, 11) is 0. The number of likely N-dealkylation sites (tertiary alicyclic amines) is 1. The molecule has 4 heteroatoms. The highest BCUT2D eigenvalue weighted by Crippen LogP contribution is 2.16. The number of aliphatic carboxylic acids is 1. The maximum atomic E-state index is 11.1. The molecule has 1 amide bonds. The van der Waals surface area contributed by atoms with Gasteiger partial charge in [0.05, 0.1) is 5.92 Å². The van der Waals surface area contributed by atoms with E-state index in [-0.39, 0.29) is 11.8 Å². The second kappa shape index (κ2) is 3.56. The minimum atomic E-state index is -0.796. The van der Waals surface area contributed by atoms with Crippen molar-refractivity contribution in [3.05, 3.63) is 0 Å². The van der Waals surface area contributed by atoms with Crippen molar-refractivity contribution >= 4 is 11.9 Å². The fourth-order valence-electron chi connectivity index (χ4n) is 1.21. The molecule has 1 fully saturated rings. The quantitative estimate of drug-likeness (QED) is 0.665. The molecule has 0 aromatic heterocycles. The highest BCUT2D eigenvalue weighted by atomic mass is 16.4. The first-order valence-electron chi connectivity index (χ1n) is 4.15. The Kier molecular flexibility index (Phi) is 2.68. The summed E-state index contributed by atoms with van der Waals surface area (Å²) in [5.74, 6) is -1.05. The van der Waals surface area contributed by atoms with Crippen molar-refractivity contribution < 1.29 is 14.7 Å². The zero-order valence-corrected chi connectivity index (χ0v) is 7.12. The van der Waals surface area contributed by atoms with Crippen LogP contribution in [0.4, 0.5) is 0 Å². The maximum absolute atomic E-state index is 11.1. The average molecular weight is 171 g/mol. The number of carboxylic acids is 1. The van der Waals surface area contributed by atoms with Gasteiger partial charge in [-0.25, -0.2) is 0 Å². The Balaban J connectivity index is 2.25. The van der Waals surface area contributed by atoms with Gasteiger partial charge in [0.2, 0.25) is 5.91 Å². The van der Waals surface area contributed by atoms with Crippen molar-refractivity contribution in [2.24, 2.45) is 5.92 Å². The van der Waals surface area contributed by atoms with Gasteiger partial charge in [-0.05, 0) is 6.42 Å². The lowest BCUT2D eigenvalue weighted by atomic mass is 10.00. The summed E-state index contributed by atoms with van der Waals surface area (Å²) in [6.45, 7) is 2.73. The smallest absolute Gasteiger partial charge is 0.310 e.